The Morgan fingerprint density at radius 3 is 2.33 bits per heavy atom. The average molecular weight is 275 g/mol. The minimum atomic E-state index is -1.02. The summed E-state index contributed by atoms with van der Waals surface area (Å²) in [5, 5.41) is 3.57. The molecule has 1 aromatic heterocycles. The SMILES string of the molecule is CN[C@H](C)c1c[nH]c(=O)c2cc(F)c(F)cc12.Cl. The zero-order chi connectivity index (χ0) is 12.6. The number of hydrogen-bond donors (Lipinski definition) is 2. The predicted octanol–water partition coefficient (Wildman–Crippen LogP) is 2.51. The van der Waals surface area contributed by atoms with Crippen LogP contribution in [0.15, 0.2) is 23.1 Å². The first-order chi connectivity index (χ1) is 8.04. The van der Waals surface area contributed by atoms with E-state index in [0.29, 0.717) is 5.39 Å². The molecule has 0 aliphatic rings. The highest BCUT2D eigenvalue weighted by atomic mass is 35.5. The monoisotopic (exact) mass is 274 g/mol. The number of aromatic nitrogens is 1. The second-order valence-corrected chi connectivity index (χ2v) is 3.90. The van der Waals surface area contributed by atoms with Crippen LogP contribution in [0.2, 0.25) is 0 Å². The summed E-state index contributed by atoms with van der Waals surface area (Å²) in [6.07, 6.45) is 1.52. The van der Waals surface area contributed by atoms with Crippen molar-refractivity contribution in [2.75, 3.05) is 7.05 Å². The van der Waals surface area contributed by atoms with Crippen molar-refractivity contribution >= 4 is 23.2 Å². The zero-order valence-electron chi connectivity index (χ0n) is 9.88. The maximum absolute atomic E-state index is 13.2. The fourth-order valence-electron chi connectivity index (χ4n) is 1.79. The topological polar surface area (TPSA) is 44.9 Å². The minimum absolute atomic E-state index is 0. The quantitative estimate of drug-likeness (QED) is 0.884. The van der Waals surface area contributed by atoms with Crippen molar-refractivity contribution in [2.45, 2.75) is 13.0 Å². The highest BCUT2D eigenvalue weighted by Crippen LogP contribution is 2.23. The van der Waals surface area contributed by atoms with Crippen molar-refractivity contribution in [3.8, 4) is 0 Å². The van der Waals surface area contributed by atoms with Crippen molar-refractivity contribution in [3.63, 3.8) is 0 Å². The molecule has 18 heavy (non-hydrogen) atoms. The number of hydrogen-bond acceptors (Lipinski definition) is 2. The van der Waals surface area contributed by atoms with Crippen molar-refractivity contribution in [2.24, 2.45) is 0 Å². The molecule has 0 amide bonds. The molecule has 0 saturated heterocycles. The van der Waals surface area contributed by atoms with E-state index in [0.717, 1.165) is 17.7 Å². The standard InChI is InChI=1S/C12H12F2N2O.ClH/c1-6(15-2)9-5-16-12(17)8-4-11(14)10(13)3-7(8)9;/h3-6,15H,1-2H3,(H,16,17);1H/t6-;/m1./s1. The molecule has 0 saturated carbocycles. The van der Waals surface area contributed by atoms with E-state index in [1.54, 1.807) is 7.05 Å². The van der Waals surface area contributed by atoms with Gasteiger partial charge in [-0.1, -0.05) is 0 Å². The van der Waals surface area contributed by atoms with Gasteiger partial charge in [0.15, 0.2) is 11.6 Å². The number of H-pyrrole nitrogens is 1. The Labute approximate surface area is 109 Å². The molecule has 0 fully saturated rings. The lowest BCUT2D eigenvalue weighted by atomic mass is 10.0. The number of benzene rings is 1. The van der Waals surface area contributed by atoms with Crippen LogP contribution in [0.1, 0.15) is 18.5 Å². The van der Waals surface area contributed by atoms with E-state index in [9.17, 15) is 13.6 Å². The largest absolute Gasteiger partial charge is 0.328 e. The van der Waals surface area contributed by atoms with Crippen molar-refractivity contribution in [3.05, 3.63) is 45.9 Å². The van der Waals surface area contributed by atoms with Crippen molar-refractivity contribution < 1.29 is 8.78 Å². The predicted molar refractivity (Wildman–Crippen MR) is 69.2 cm³/mol. The van der Waals surface area contributed by atoms with Crippen LogP contribution < -0.4 is 10.9 Å². The molecule has 1 atom stereocenters. The van der Waals surface area contributed by atoms with Crippen molar-refractivity contribution in [1.29, 1.82) is 0 Å². The van der Waals surface area contributed by atoms with Gasteiger partial charge in [-0.3, -0.25) is 4.79 Å². The molecule has 0 unspecified atom stereocenters. The van der Waals surface area contributed by atoms with Crippen LogP contribution in [-0.4, -0.2) is 12.0 Å². The second-order valence-electron chi connectivity index (χ2n) is 3.90. The fraction of sp³-hybridized carbons (Fsp3) is 0.250. The lowest BCUT2D eigenvalue weighted by Gasteiger charge is -2.13. The van der Waals surface area contributed by atoms with Crippen LogP contribution in [-0.2, 0) is 0 Å². The molecule has 0 aliphatic heterocycles. The maximum atomic E-state index is 13.2. The van der Waals surface area contributed by atoms with Gasteiger partial charge >= 0.3 is 0 Å². The molecular formula is C12H13ClF2N2O. The first-order valence-corrected chi connectivity index (χ1v) is 5.22. The summed E-state index contributed by atoms with van der Waals surface area (Å²) in [6.45, 7) is 1.87. The lowest BCUT2D eigenvalue weighted by molar-refractivity contribution is 0.510. The van der Waals surface area contributed by atoms with E-state index >= 15 is 0 Å². The molecule has 1 aromatic carbocycles. The van der Waals surface area contributed by atoms with Gasteiger partial charge in [0.25, 0.3) is 5.56 Å². The first kappa shape index (κ1) is 14.6. The number of pyridine rings is 1. The van der Waals surface area contributed by atoms with E-state index in [2.05, 4.69) is 10.3 Å². The summed E-state index contributed by atoms with van der Waals surface area (Å²) in [6, 6.07) is 1.91. The molecular weight excluding hydrogens is 262 g/mol. The van der Waals surface area contributed by atoms with Crippen LogP contribution in [0, 0.1) is 11.6 Å². The highest BCUT2D eigenvalue weighted by Gasteiger charge is 2.13. The second kappa shape index (κ2) is 5.46. The third-order valence-electron chi connectivity index (χ3n) is 2.87. The smallest absolute Gasteiger partial charge is 0.255 e. The van der Waals surface area contributed by atoms with E-state index in [1.807, 2.05) is 6.92 Å². The summed E-state index contributed by atoms with van der Waals surface area (Å²) in [7, 11) is 1.75. The Bertz CT molecular complexity index is 627. The summed E-state index contributed by atoms with van der Waals surface area (Å²) in [4.78, 5) is 14.1. The average Bonchev–Trinajstić information content (AvgIpc) is 2.31. The van der Waals surface area contributed by atoms with Crippen molar-refractivity contribution in [1.82, 2.24) is 10.3 Å². The molecule has 3 nitrogen and oxygen atoms in total. The molecule has 98 valence electrons. The van der Waals surface area contributed by atoms with Crippen LogP contribution in [0.5, 0.6) is 0 Å². The maximum Gasteiger partial charge on any atom is 0.255 e. The van der Waals surface area contributed by atoms with Crippen LogP contribution in [0.4, 0.5) is 8.78 Å². The number of nitrogens with one attached hydrogen (secondary N) is 2. The molecule has 6 heteroatoms. The van der Waals surface area contributed by atoms with E-state index in [4.69, 9.17) is 0 Å². The molecule has 0 radical (unpaired) electrons. The Hall–Kier alpha value is -1.46. The summed E-state index contributed by atoms with van der Waals surface area (Å²) >= 11 is 0. The zero-order valence-corrected chi connectivity index (χ0v) is 10.7. The first-order valence-electron chi connectivity index (χ1n) is 5.22. The molecule has 1 heterocycles. The van der Waals surface area contributed by atoms with Crippen LogP contribution >= 0.6 is 12.4 Å². The Balaban J connectivity index is 0.00000162. The lowest BCUT2D eigenvalue weighted by Crippen LogP contribution is -2.16. The van der Waals surface area contributed by atoms with E-state index in [1.165, 1.54) is 6.20 Å². The van der Waals surface area contributed by atoms with Gasteiger partial charge in [-0.05, 0) is 37.1 Å². The third-order valence-corrected chi connectivity index (χ3v) is 2.87. The molecule has 0 spiro atoms. The Kier molecular flexibility index (Phi) is 4.43. The van der Waals surface area contributed by atoms with Gasteiger partial charge in [0.1, 0.15) is 0 Å². The molecule has 0 aliphatic carbocycles. The van der Waals surface area contributed by atoms with E-state index in [-0.39, 0.29) is 23.8 Å². The fourth-order valence-corrected chi connectivity index (χ4v) is 1.79. The number of fused-ring (bicyclic) bond motifs is 1. The highest BCUT2D eigenvalue weighted by molar-refractivity contribution is 5.85. The van der Waals surface area contributed by atoms with Gasteiger partial charge < -0.3 is 10.3 Å². The van der Waals surface area contributed by atoms with E-state index < -0.39 is 17.2 Å². The van der Waals surface area contributed by atoms with Gasteiger partial charge in [-0.2, -0.15) is 0 Å². The summed E-state index contributed by atoms with van der Waals surface area (Å²) in [5.41, 5.74) is 0.298. The third kappa shape index (κ3) is 2.37. The summed E-state index contributed by atoms with van der Waals surface area (Å²) < 4.78 is 26.3. The number of halogens is 3. The minimum Gasteiger partial charge on any atom is -0.328 e. The Morgan fingerprint density at radius 1 is 1.22 bits per heavy atom. The molecule has 2 N–H and O–H groups in total. The van der Waals surface area contributed by atoms with Gasteiger partial charge in [-0.15, -0.1) is 12.4 Å². The van der Waals surface area contributed by atoms with Gasteiger partial charge in [0.2, 0.25) is 0 Å². The van der Waals surface area contributed by atoms with Gasteiger partial charge in [0, 0.05) is 12.2 Å². The molecule has 2 rings (SSSR count). The number of rotatable bonds is 2. The molecule has 2 aromatic rings. The normalized spacial score (nSPS) is 12.2. The Morgan fingerprint density at radius 2 is 1.78 bits per heavy atom. The van der Waals surface area contributed by atoms with Gasteiger partial charge in [0.05, 0.1) is 5.39 Å². The van der Waals surface area contributed by atoms with Crippen LogP contribution in [0.3, 0.4) is 0 Å². The van der Waals surface area contributed by atoms with Crippen LogP contribution in [0.25, 0.3) is 10.8 Å². The molecule has 0 bridgehead atoms. The number of aromatic amines is 1. The van der Waals surface area contributed by atoms with Gasteiger partial charge in [-0.25, -0.2) is 8.78 Å². The summed E-state index contributed by atoms with van der Waals surface area (Å²) in [5.74, 6) is -1.97.